The number of likely N-dealkylation sites (N-methyl/N-ethyl adjacent to an activating group) is 1. The first kappa shape index (κ1) is 14.7. The molecule has 0 aliphatic rings. The maximum atomic E-state index is 11.7. The topological polar surface area (TPSA) is 44.4 Å². The van der Waals surface area contributed by atoms with Crippen molar-refractivity contribution in [2.75, 3.05) is 32.5 Å². The standard InChI is InChI=1S/C14H23N3O/c1-11-6-5-7-13(8-11)16-14(18)10-15-9-12(2)17(3)4/h5-8,12,15H,9-10H2,1-4H3,(H,16,18). The lowest BCUT2D eigenvalue weighted by Gasteiger charge is -2.19. The molecule has 0 saturated heterocycles. The number of benzene rings is 1. The Bertz CT molecular complexity index is 390. The highest BCUT2D eigenvalue weighted by atomic mass is 16.1. The van der Waals surface area contributed by atoms with Crippen LogP contribution in [-0.2, 0) is 4.79 Å². The fourth-order valence-electron chi connectivity index (χ4n) is 1.51. The molecule has 4 heteroatoms. The minimum absolute atomic E-state index is 0.00782. The Kier molecular flexibility index (Phi) is 5.82. The van der Waals surface area contributed by atoms with Crippen LogP contribution in [0.5, 0.6) is 0 Å². The van der Waals surface area contributed by atoms with Crippen molar-refractivity contribution in [3.63, 3.8) is 0 Å². The van der Waals surface area contributed by atoms with Crippen LogP contribution in [0.4, 0.5) is 5.69 Å². The highest BCUT2D eigenvalue weighted by Crippen LogP contribution is 2.08. The summed E-state index contributed by atoms with van der Waals surface area (Å²) in [6.45, 7) is 5.26. The Morgan fingerprint density at radius 2 is 2.11 bits per heavy atom. The summed E-state index contributed by atoms with van der Waals surface area (Å²) in [5, 5.41) is 6.02. The number of amides is 1. The molecule has 1 aromatic rings. The van der Waals surface area contributed by atoms with Gasteiger partial charge in [0.15, 0.2) is 0 Å². The molecule has 18 heavy (non-hydrogen) atoms. The number of carbonyl (C=O) groups excluding carboxylic acids is 1. The maximum Gasteiger partial charge on any atom is 0.238 e. The molecule has 0 aliphatic heterocycles. The van der Waals surface area contributed by atoms with Crippen molar-refractivity contribution in [3.8, 4) is 0 Å². The van der Waals surface area contributed by atoms with E-state index in [1.807, 2.05) is 45.3 Å². The first-order valence-electron chi connectivity index (χ1n) is 6.22. The number of anilines is 1. The molecule has 0 aromatic heterocycles. The monoisotopic (exact) mass is 249 g/mol. The van der Waals surface area contributed by atoms with Gasteiger partial charge >= 0.3 is 0 Å². The molecular weight excluding hydrogens is 226 g/mol. The van der Waals surface area contributed by atoms with Gasteiger partial charge in [-0.25, -0.2) is 0 Å². The zero-order valence-electron chi connectivity index (χ0n) is 11.7. The Hall–Kier alpha value is -1.39. The number of hydrogen-bond donors (Lipinski definition) is 2. The lowest BCUT2D eigenvalue weighted by atomic mass is 10.2. The first-order valence-corrected chi connectivity index (χ1v) is 6.22. The predicted molar refractivity (Wildman–Crippen MR) is 75.8 cm³/mol. The van der Waals surface area contributed by atoms with Crippen LogP contribution in [0.3, 0.4) is 0 Å². The molecule has 0 spiro atoms. The Labute approximate surface area is 109 Å². The van der Waals surface area contributed by atoms with E-state index in [1.54, 1.807) is 0 Å². The van der Waals surface area contributed by atoms with Crippen LogP contribution in [0.15, 0.2) is 24.3 Å². The van der Waals surface area contributed by atoms with E-state index in [1.165, 1.54) is 0 Å². The van der Waals surface area contributed by atoms with Gasteiger partial charge in [-0.15, -0.1) is 0 Å². The summed E-state index contributed by atoms with van der Waals surface area (Å²) in [6.07, 6.45) is 0. The predicted octanol–water partition coefficient (Wildman–Crippen LogP) is 1.47. The van der Waals surface area contributed by atoms with Gasteiger partial charge in [0.05, 0.1) is 6.54 Å². The van der Waals surface area contributed by atoms with Gasteiger partial charge in [-0.05, 0) is 45.6 Å². The van der Waals surface area contributed by atoms with Crippen molar-refractivity contribution < 1.29 is 4.79 Å². The van der Waals surface area contributed by atoms with Crippen LogP contribution in [-0.4, -0.2) is 44.0 Å². The summed E-state index contributed by atoms with van der Waals surface area (Å²) < 4.78 is 0. The minimum Gasteiger partial charge on any atom is -0.325 e. The van der Waals surface area contributed by atoms with Crippen molar-refractivity contribution in [1.82, 2.24) is 10.2 Å². The molecule has 1 amide bonds. The second-order valence-electron chi connectivity index (χ2n) is 4.86. The van der Waals surface area contributed by atoms with Gasteiger partial charge in [-0.3, -0.25) is 4.79 Å². The van der Waals surface area contributed by atoms with Gasteiger partial charge in [-0.1, -0.05) is 12.1 Å². The third-order valence-corrected chi connectivity index (χ3v) is 2.91. The third-order valence-electron chi connectivity index (χ3n) is 2.91. The Morgan fingerprint density at radius 3 is 2.72 bits per heavy atom. The minimum atomic E-state index is -0.00782. The van der Waals surface area contributed by atoms with Crippen molar-refractivity contribution >= 4 is 11.6 Å². The number of aryl methyl sites for hydroxylation is 1. The van der Waals surface area contributed by atoms with Crippen LogP contribution in [0.2, 0.25) is 0 Å². The molecule has 4 nitrogen and oxygen atoms in total. The molecule has 2 N–H and O–H groups in total. The van der Waals surface area contributed by atoms with Gasteiger partial charge in [0.25, 0.3) is 0 Å². The van der Waals surface area contributed by atoms with Crippen molar-refractivity contribution in [1.29, 1.82) is 0 Å². The molecule has 0 saturated carbocycles. The van der Waals surface area contributed by atoms with Gasteiger partial charge in [0, 0.05) is 18.3 Å². The van der Waals surface area contributed by atoms with Crippen molar-refractivity contribution in [3.05, 3.63) is 29.8 Å². The molecule has 1 unspecified atom stereocenters. The van der Waals surface area contributed by atoms with E-state index in [2.05, 4.69) is 22.5 Å². The molecule has 1 atom stereocenters. The average molecular weight is 249 g/mol. The van der Waals surface area contributed by atoms with Crippen molar-refractivity contribution in [2.45, 2.75) is 19.9 Å². The Balaban J connectivity index is 2.30. The van der Waals surface area contributed by atoms with Crippen LogP contribution in [0.25, 0.3) is 0 Å². The van der Waals surface area contributed by atoms with Crippen LogP contribution in [0, 0.1) is 6.92 Å². The van der Waals surface area contributed by atoms with E-state index in [9.17, 15) is 4.79 Å². The quantitative estimate of drug-likeness (QED) is 0.802. The third kappa shape index (κ3) is 5.29. The van der Waals surface area contributed by atoms with Gasteiger partial charge in [0.1, 0.15) is 0 Å². The highest BCUT2D eigenvalue weighted by molar-refractivity contribution is 5.92. The average Bonchev–Trinajstić information content (AvgIpc) is 2.28. The lowest BCUT2D eigenvalue weighted by molar-refractivity contribution is -0.115. The maximum absolute atomic E-state index is 11.7. The van der Waals surface area contributed by atoms with Gasteiger partial charge in [-0.2, -0.15) is 0 Å². The summed E-state index contributed by atoms with van der Waals surface area (Å²) in [5.41, 5.74) is 1.99. The van der Waals surface area contributed by atoms with E-state index >= 15 is 0 Å². The first-order chi connectivity index (χ1) is 8.49. The fourth-order valence-corrected chi connectivity index (χ4v) is 1.51. The smallest absolute Gasteiger partial charge is 0.238 e. The van der Waals surface area contributed by atoms with Gasteiger partial charge < -0.3 is 15.5 Å². The van der Waals surface area contributed by atoms with Crippen LogP contribution < -0.4 is 10.6 Å². The molecule has 0 aliphatic carbocycles. The summed E-state index contributed by atoms with van der Waals surface area (Å²) in [4.78, 5) is 13.8. The SMILES string of the molecule is Cc1cccc(NC(=O)CNCC(C)N(C)C)c1. The summed E-state index contributed by atoms with van der Waals surface area (Å²) in [5.74, 6) is -0.00782. The molecule has 1 rings (SSSR count). The van der Waals surface area contributed by atoms with Crippen LogP contribution in [0.1, 0.15) is 12.5 Å². The normalized spacial score (nSPS) is 12.5. The molecule has 1 aromatic carbocycles. The molecule has 0 fully saturated rings. The number of hydrogen-bond acceptors (Lipinski definition) is 3. The fraction of sp³-hybridized carbons (Fsp3) is 0.500. The van der Waals surface area contributed by atoms with E-state index in [-0.39, 0.29) is 5.91 Å². The number of nitrogens with zero attached hydrogens (tertiary/aromatic N) is 1. The molecular formula is C14H23N3O. The highest BCUT2D eigenvalue weighted by Gasteiger charge is 2.06. The summed E-state index contributed by atoms with van der Waals surface area (Å²) >= 11 is 0. The van der Waals surface area contributed by atoms with E-state index in [0.717, 1.165) is 17.8 Å². The molecule has 100 valence electrons. The second-order valence-corrected chi connectivity index (χ2v) is 4.86. The van der Waals surface area contributed by atoms with Gasteiger partial charge in [0.2, 0.25) is 5.91 Å². The molecule has 0 radical (unpaired) electrons. The number of carbonyl (C=O) groups is 1. The summed E-state index contributed by atoms with van der Waals surface area (Å²) in [6, 6.07) is 8.21. The van der Waals surface area contributed by atoms with Crippen LogP contribution >= 0.6 is 0 Å². The second kappa shape index (κ2) is 7.13. The zero-order chi connectivity index (χ0) is 13.5. The van der Waals surface area contributed by atoms with Crippen molar-refractivity contribution in [2.24, 2.45) is 0 Å². The van der Waals surface area contributed by atoms with E-state index < -0.39 is 0 Å². The molecule has 0 bridgehead atoms. The van der Waals surface area contributed by atoms with E-state index in [4.69, 9.17) is 0 Å². The molecule has 0 heterocycles. The zero-order valence-corrected chi connectivity index (χ0v) is 11.7. The number of nitrogens with one attached hydrogen (secondary N) is 2. The number of rotatable bonds is 6. The Morgan fingerprint density at radius 1 is 1.39 bits per heavy atom. The summed E-state index contributed by atoms with van der Waals surface area (Å²) in [7, 11) is 4.05. The largest absolute Gasteiger partial charge is 0.325 e. The van der Waals surface area contributed by atoms with E-state index in [0.29, 0.717) is 12.6 Å². The lowest BCUT2D eigenvalue weighted by Crippen LogP contribution is -2.38.